The van der Waals surface area contributed by atoms with Crippen LogP contribution >= 0.6 is 0 Å². The lowest BCUT2D eigenvalue weighted by molar-refractivity contribution is 0.187. The van der Waals surface area contributed by atoms with Crippen LogP contribution in [0.25, 0.3) is 0 Å². The number of hydrogen-bond acceptors (Lipinski definition) is 1. The Balaban J connectivity index is 2.00. The molecular formula is C9H17N. The Bertz CT molecular complexity index is 142. The minimum Gasteiger partial charge on any atom is -0.298 e. The van der Waals surface area contributed by atoms with Crippen molar-refractivity contribution in [1.29, 1.82) is 0 Å². The molecule has 2 fully saturated rings. The van der Waals surface area contributed by atoms with Crippen LogP contribution in [0, 0.1) is 11.8 Å². The lowest BCUT2D eigenvalue weighted by atomic mass is 10.2. The average Bonchev–Trinajstić information content (AvgIpc) is 2.54. The monoisotopic (exact) mass is 139 g/mol. The Morgan fingerprint density at radius 1 is 1.40 bits per heavy atom. The van der Waals surface area contributed by atoms with E-state index in [9.17, 15) is 0 Å². The quantitative estimate of drug-likeness (QED) is 0.535. The highest BCUT2D eigenvalue weighted by Crippen LogP contribution is 2.49. The Morgan fingerprint density at radius 3 is 2.40 bits per heavy atom. The van der Waals surface area contributed by atoms with E-state index in [1.807, 2.05) is 0 Å². The maximum absolute atomic E-state index is 2.64. The van der Waals surface area contributed by atoms with Gasteiger partial charge in [-0.25, -0.2) is 0 Å². The first-order chi connectivity index (χ1) is 4.70. The summed E-state index contributed by atoms with van der Waals surface area (Å²) in [7, 11) is 0. The van der Waals surface area contributed by atoms with Crippen LogP contribution in [0.3, 0.4) is 0 Å². The van der Waals surface area contributed by atoms with E-state index < -0.39 is 0 Å². The van der Waals surface area contributed by atoms with Crippen LogP contribution in [0.5, 0.6) is 0 Å². The van der Waals surface area contributed by atoms with Crippen molar-refractivity contribution in [2.45, 2.75) is 39.3 Å². The third-order valence-electron chi connectivity index (χ3n) is 3.23. The number of nitrogens with zero attached hydrogens (tertiary/aromatic N) is 1. The summed E-state index contributed by atoms with van der Waals surface area (Å²) >= 11 is 0. The zero-order valence-corrected chi connectivity index (χ0v) is 7.17. The van der Waals surface area contributed by atoms with Crippen LogP contribution in [-0.2, 0) is 0 Å². The van der Waals surface area contributed by atoms with Gasteiger partial charge in [0.1, 0.15) is 0 Å². The summed E-state index contributed by atoms with van der Waals surface area (Å²) in [5, 5.41) is 0. The van der Waals surface area contributed by atoms with E-state index in [1.54, 1.807) is 0 Å². The highest BCUT2D eigenvalue weighted by Gasteiger charge is 2.50. The minimum atomic E-state index is 0.766. The minimum absolute atomic E-state index is 0.766. The largest absolute Gasteiger partial charge is 0.298 e. The van der Waals surface area contributed by atoms with E-state index in [0.29, 0.717) is 0 Å². The van der Waals surface area contributed by atoms with Gasteiger partial charge in [0.15, 0.2) is 0 Å². The van der Waals surface area contributed by atoms with Gasteiger partial charge in [-0.15, -0.1) is 0 Å². The molecule has 2 aliphatic rings. The average molecular weight is 139 g/mol. The second-order valence-corrected chi connectivity index (χ2v) is 4.19. The van der Waals surface area contributed by atoms with Gasteiger partial charge in [-0.2, -0.15) is 0 Å². The Hall–Kier alpha value is -0.0400. The smallest absolute Gasteiger partial charge is 0.0101 e. The molecule has 1 heteroatoms. The molecule has 0 aromatic carbocycles. The molecule has 2 unspecified atom stereocenters. The number of fused-ring (bicyclic) bond motifs is 1. The van der Waals surface area contributed by atoms with Crippen molar-refractivity contribution in [2.75, 3.05) is 6.54 Å². The standard InChI is InChI=1S/C9H17N/c1-6(2)10-5-8-4-9(8)7(10)3/h6-9H,4-5H2,1-3H3/t7-,8?,9?/m1/s1. The van der Waals surface area contributed by atoms with Gasteiger partial charge < -0.3 is 0 Å². The van der Waals surface area contributed by atoms with Crippen LogP contribution in [0.4, 0.5) is 0 Å². The SMILES string of the molecule is CC(C)N1CC2CC2[C@H]1C. The zero-order chi connectivity index (χ0) is 7.30. The lowest BCUT2D eigenvalue weighted by Gasteiger charge is -2.27. The fourth-order valence-corrected chi connectivity index (χ4v) is 2.44. The number of piperidine rings is 1. The third-order valence-corrected chi connectivity index (χ3v) is 3.23. The van der Waals surface area contributed by atoms with Gasteiger partial charge in [0, 0.05) is 18.6 Å². The molecule has 0 amide bonds. The summed E-state index contributed by atoms with van der Waals surface area (Å²) in [5.41, 5.74) is 0. The Morgan fingerprint density at radius 2 is 2.10 bits per heavy atom. The second kappa shape index (κ2) is 1.97. The molecule has 0 aromatic heterocycles. The molecule has 1 saturated heterocycles. The molecule has 1 saturated carbocycles. The van der Waals surface area contributed by atoms with Gasteiger partial charge in [-0.1, -0.05) is 0 Å². The van der Waals surface area contributed by atoms with E-state index in [2.05, 4.69) is 25.7 Å². The topological polar surface area (TPSA) is 3.24 Å². The van der Waals surface area contributed by atoms with Crippen molar-refractivity contribution in [3.63, 3.8) is 0 Å². The molecule has 0 spiro atoms. The van der Waals surface area contributed by atoms with E-state index in [4.69, 9.17) is 0 Å². The Kier molecular flexibility index (Phi) is 1.31. The van der Waals surface area contributed by atoms with Crippen molar-refractivity contribution in [3.8, 4) is 0 Å². The highest BCUT2D eigenvalue weighted by molar-refractivity contribution is 5.02. The van der Waals surface area contributed by atoms with Crippen LogP contribution in [-0.4, -0.2) is 23.5 Å². The van der Waals surface area contributed by atoms with Crippen molar-refractivity contribution in [1.82, 2.24) is 4.90 Å². The molecular weight excluding hydrogens is 122 g/mol. The van der Waals surface area contributed by atoms with E-state index in [1.165, 1.54) is 13.0 Å². The molecule has 0 bridgehead atoms. The summed E-state index contributed by atoms with van der Waals surface area (Å²) in [4.78, 5) is 2.64. The predicted octanol–water partition coefficient (Wildman–Crippen LogP) is 1.74. The molecule has 1 aliphatic carbocycles. The van der Waals surface area contributed by atoms with Crippen LogP contribution < -0.4 is 0 Å². The fourth-order valence-electron chi connectivity index (χ4n) is 2.44. The third kappa shape index (κ3) is 0.800. The maximum Gasteiger partial charge on any atom is 0.0101 e. The lowest BCUT2D eigenvalue weighted by Crippen LogP contribution is -2.36. The molecule has 0 aromatic rings. The predicted molar refractivity (Wildman–Crippen MR) is 42.9 cm³/mol. The summed E-state index contributed by atoms with van der Waals surface area (Å²) in [6, 6.07) is 1.65. The van der Waals surface area contributed by atoms with Gasteiger partial charge in [-0.3, -0.25) is 4.90 Å². The first-order valence-corrected chi connectivity index (χ1v) is 4.46. The van der Waals surface area contributed by atoms with Crippen LogP contribution in [0.1, 0.15) is 27.2 Å². The van der Waals surface area contributed by atoms with Crippen molar-refractivity contribution >= 4 is 0 Å². The van der Waals surface area contributed by atoms with Gasteiger partial charge >= 0.3 is 0 Å². The van der Waals surface area contributed by atoms with Crippen molar-refractivity contribution < 1.29 is 0 Å². The maximum atomic E-state index is 2.64. The van der Waals surface area contributed by atoms with Gasteiger partial charge in [0.2, 0.25) is 0 Å². The molecule has 3 atom stereocenters. The van der Waals surface area contributed by atoms with Gasteiger partial charge in [0.05, 0.1) is 0 Å². The molecule has 1 nitrogen and oxygen atoms in total. The molecule has 1 heterocycles. The molecule has 10 heavy (non-hydrogen) atoms. The summed E-state index contributed by atoms with van der Waals surface area (Å²) in [6.07, 6.45) is 1.52. The number of rotatable bonds is 1. The van der Waals surface area contributed by atoms with E-state index >= 15 is 0 Å². The number of hydrogen-bond donors (Lipinski definition) is 0. The number of likely N-dealkylation sites (tertiary alicyclic amines) is 1. The molecule has 0 N–H and O–H groups in total. The normalized spacial score (nSPS) is 46.2. The zero-order valence-electron chi connectivity index (χ0n) is 7.17. The first kappa shape index (κ1) is 6.66. The first-order valence-electron chi connectivity index (χ1n) is 4.46. The summed E-state index contributed by atoms with van der Waals surface area (Å²) < 4.78 is 0. The molecule has 2 rings (SSSR count). The second-order valence-electron chi connectivity index (χ2n) is 4.19. The van der Waals surface area contributed by atoms with Crippen molar-refractivity contribution in [3.05, 3.63) is 0 Å². The van der Waals surface area contributed by atoms with Crippen LogP contribution in [0.2, 0.25) is 0 Å². The highest BCUT2D eigenvalue weighted by atomic mass is 15.2. The Labute approximate surface area is 63.4 Å². The van der Waals surface area contributed by atoms with Gasteiger partial charge in [-0.05, 0) is 39.0 Å². The van der Waals surface area contributed by atoms with E-state index in [-0.39, 0.29) is 0 Å². The van der Waals surface area contributed by atoms with Gasteiger partial charge in [0.25, 0.3) is 0 Å². The molecule has 58 valence electrons. The van der Waals surface area contributed by atoms with Crippen LogP contribution in [0.15, 0.2) is 0 Å². The summed E-state index contributed by atoms with van der Waals surface area (Å²) in [6.45, 7) is 8.38. The molecule has 1 aliphatic heterocycles. The fraction of sp³-hybridized carbons (Fsp3) is 1.00. The summed E-state index contributed by atoms with van der Waals surface area (Å²) in [5.74, 6) is 2.15. The molecule has 0 radical (unpaired) electrons. The van der Waals surface area contributed by atoms with Crippen molar-refractivity contribution in [2.24, 2.45) is 11.8 Å². The van der Waals surface area contributed by atoms with E-state index in [0.717, 1.165) is 23.9 Å².